The van der Waals surface area contributed by atoms with Gasteiger partial charge in [-0.15, -0.1) is 0 Å². The molecule has 0 aliphatic carbocycles. The highest BCUT2D eigenvalue weighted by Gasteiger charge is 2.16. The van der Waals surface area contributed by atoms with Gasteiger partial charge < -0.3 is 19.9 Å². The largest absolute Gasteiger partial charge is 0.508 e. The lowest BCUT2D eigenvalue weighted by Gasteiger charge is -2.11. The maximum atomic E-state index is 12.9. The van der Waals surface area contributed by atoms with Crippen LogP contribution < -0.4 is 20.2 Å². The predicted molar refractivity (Wildman–Crippen MR) is 132 cm³/mol. The third-order valence-corrected chi connectivity index (χ3v) is 4.82. The fourth-order valence-electron chi connectivity index (χ4n) is 3.08. The van der Waals surface area contributed by atoms with Crippen LogP contribution in [0.1, 0.15) is 21.5 Å². The molecular formula is C25H22N4O7. The van der Waals surface area contributed by atoms with Crippen LogP contribution in [-0.2, 0) is 4.79 Å². The van der Waals surface area contributed by atoms with Gasteiger partial charge >= 0.3 is 0 Å². The molecule has 36 heavy (non-hydrogen) atoms. The summed E-state index contributed by atoms with van der Waals surface area (Å²) in [5, 5.41) is 27.1. The Morgan fingerprint density at radius 1 is 1.00 bits per heavy atom. The maximum absolute atomic E-state index is 12.9. The van der Waals surface area contributed by atoms with E-state index in [-0.39, 0.29) is 22.7 Å². The number of amides is 2. The Kier molecular flexibility index (Phi) is 8.33. The summed E-state index contributed by atoms with van der Waals surface area (Å²) in [5.41, 5.74) is 2.57. The molecule has 0 fully saturated rings. The van der Waals surface area contributed by atoms with Gasteiger partial charge in [0.2, 0.25) is 0 Å². The molecule has 11 nitrogen and oxygen atoms in total. The normalized spacial score (nSPS) is 11.1. The van der Waals surface area contributed by atoms with Gasteiger partial charge in [-0.1, -0.05) is 24.3 Å². The average Bonchev–Trinajstić information content (AvgIpc) is 2.88. The summed E-state index contributed by atoms with van der Waals surface area (Å²) in [6, 6.07) is 16.6. The predicted octanol–water partition coefficient (Wildman–Crippen LogP) is 3.24. The van der Waals surface area contributed by atoms with Gasteiger partial charge in [0.25, 0.3) is 17.5 Å². The van der Waals surface area contributed by atoms with Gasteiger partial charge in [-0.05, 0) is 48.0 Å². The van der Waals surface area contributed by atoms with Crippen LogP contribution in [0.4, 0.5) is 5.69 Å². The minimum absolute atomic E-state index is 0.0287. The van der Waals surface area contributed by atoms with Crippen molar-refractivity contribution >= 4 is 29.8 Å². The SMILES string of the molecule is COc1ccc(/C=C(/NC(=O)c2ccccc2)C(=O)N/N=C/c2cc(O)ccc2[N+](=O)[O-])cc1OC. The Bertz CT molecular complexity index is 1340. The number of nitrogens with one attached hydrogen (secondary N) is 2. The summed E-state index contributed by atoms with van der Waals surface area (Å²) in [6.45, 7) is 0. The molecule has 2 amide bonds. The number of aromatic hydroxyl groups is 1. The Morgan fingerprint density at radius 2 is 1.72 bits per heavy atom. The van der Waals surface area contributed by atoms with E-state index in [4.69, 9.17) is 9.47 Å². The molecule has 3 aromatic carbocycles. The summed E-state index contributed by atoms with van der Waals surface area (Å²) in [7, 11) is 2.95. The quantitative estimate of drug-likeness (QED) is 0.180. The lowest BCUT2D eigenvalue weighted by molar-refractivity contribution is -0.385. The molecule has 0 radical (unpaired) electrons. The van der Waals surface area contributed by atoms with Crippen LogP contribution in [0.25, 0.3) is 6.08 Å². The average molecular weight is 490 g/mol. The lowest BCUT2D eigenvalue weighted by atomic mass is 10.1. The third-order valence-electron chi connectivity index (χ3n) is 4.82. The monoisotopic (exact) mass is 490 g/mol. The third kappa shape index (κ3) is 6.44. The molecule has 3 rings (SSSR count). The Balaban J connectivity index is 1.90. The number of nitrogens with zero attached hydrogens (tertiary/aromatic N) is 2. The van der Waals surface area contributed by atoms with Crippen molar-refractivity contribution in [2.45, 2.75) is 0 Å². The van der Waals surface area contributed by atoms with Crippen molar-refractivity contribution in [2.24, 2.45) is 5.10 Å². The van der Waals surface area contributed by atoms with Crippen LogP contribution in [-0.4, -0.2) is 42.3 Å². The smallest absolute Gasteiger partial charge is 0.287 e. The van der Waals surface area contributed by atoms with Crippen molar-refractivity contribution in [2.75, 3.05) is 14.2 Å². The number of rotatable bonds is 9. The Labute approximate surface area is 205 Å². The van der Waals surface area contributed by atoms with Crippen LogP contribution in [0, 0.1) is 10.1 Å². The van der Waals surface area contributed by atoms with Gasteiger partial charge in [-0.25, -0.2) is 5.43 Å². The zero-order valence-corrected chi connectivity index (χ0v) is 19.3. The standard InChI is InChI=1S/C25H22N4O7/c1-35-22-11-8-16(13-23(22)36-2)12-20(27-24(31)17-6-4-3-5-7-17)25(32)28-26-15-18-14-19(30)9-10-21(18)29(33)34/h3-15,30H,1-2H3,(H,27,31)(H,28,32)/b20-12+,26-15+. The molecule has 11 heteroatoms. The molecule has 0 saturated carbocycles. The number of ether oxygens (including phenoxy) is 2. The number of phenols is 1. The summed E-state index contributed by atoms with van der Waals surface area (Å²) >= 11 is 0. The first-order valence-electron chi connectivity index (χ1n) is 10.4. The summed E-state index contributed by atoms with van der Waals surface area (Å²) in [4.78, 5) is 36.2. The fraction of sp³-hybridized carbons (Fsp3) is 0.0800. The number of nitro groups is 1. The molecule has 184 valence electrons. The van der Waals surface area contributed by atoms with Crippen LogP contribution in [0.5, 0.6) is 17.2 Å². The van der Waals surface area contributed by atoms with E-state index in [1.165, 1.54) is 20.3 Å². The van der Waals surface area contributed by atoms with E-state index in [1.54, 1.807) is 48.5 Å². The number of nitro benzene ring substituents is 1. The fourth-order valence-corrected chi connectivity index (χ4v) is 3.08. The second-order valence-electron chi connectivity index (χ2n) is 7.19. The van der Waals surface area contributed by atoms with Gasteiger partial charge in [-0.2, -0.15) is 5.10 Å². The van der Waals surface area contributed by atoms with Gasteiger partial charge in [0.1, 0.15) is 11.4 Å². The summed E-state index contributed by atoms with van der Waals surface area (Å²) < 4.78 is 10.5. The minimum Gasteiger partial charge on any atom is -0.508 e. The lowest BCUT2D eigenvalue weighted by Crippen LogP contribution is -2.32. The molecule has 0 aliphatic heterocycles. The zero-order chi connectivity index (χ0) is 26.1. The van der Waals surface area contributed by atoms with E-state index in [9.17, 15) is 24.8 Å². The molecule has 3 aromatic rings. The van der Waals surface area contributed by atoms with Crippen LogP contribution >= 0.6 is 0 Å². The molecule has 0 aliphatic rings. The second kappa shape index (κ2) is 11.8. The highest BCUT2D eigenvalue weighted by atomic mass is 16.6. The number of hydrogen-bond acceptors (Lipinski definition) is 8. The van der Waals surface area contributed by atoms with Crippen molar-refractivity contribution in [3.8, 4) is 17.2 Å². The second-order valence-corrected chi connectivity index (χ2v) is 7.19. The highest BCUT2D eigenvalue weighted by Crippen LogP contribution is 2.28. The molecule has 0 unspecified atom stereocenters. The molecule has 0 spiro atoms. The number of carbonyl (C=O) groups excluding carboxylic acids is 2. The van der Waals surface area contributed by atoms with Gasteiger partial charge in [0.05, 0.1) is 30.9 Å². The first-order valence-corrected chi connectivity index (χ1v) is 10.4. The van der Waals surface area contributed by atoms with E-state index < -0.39 is 16.7 Å². The van der Waals surface area contributed by atoms with Gasteiger partial charge in [-0.3, -0.25) is 19.7 Å². The Morgan fingerprint density at radius 3 is 2.39 bits per heavy atom. The summed E-state index contributed by atoms with van der Waals surface area (Å²) in [5.74, 6) is -0.656. The molecule has 0 heterocycles. The number of phenolic OH excluding ortho intramolecular Hbond substituents is 1. The van der Waals surface area contributed by atoms with E-state index in [0.29, 0.717) is 22.6 Å². The van der Waals surface area contributed by atoms with Crippen LogP contribution in [0.15, 0.2) is 77.5 Å². The molecule has 3 N–H and O–H groups in total. The highest BCUT2D eigenvalue weighted by molar-refractivity contribution is 6.05. The van der Waals surface area contributed by atoms with Gasteiger partial charge in [0.15, 0.2) is 11.5 Å². The number of methoxy groups -OCH3 is 2. The molecule has 0 saturated heterocycles. The maximum Gasteiger partial charge on any atom is 0.287 e. The van der Waals surface area contributed by atoms with Gasteiger partial charge in [0, 0.05) is 11.6 Å². The van der Waals surface area contributed by atoms with E-state index >= 15 is 0 Å². The molecular weight excluding hydrogens is 468 g/mol. The summed E-state index contributed by atoms with van der Waals surface area (Å²) in [6.07, 6.45) is 2.42. The minimum atomic E-state index is -0.798. The van der Waals surface area contributed by atoms with Crippen molar-refractivity contribution in [3.63, 3.8) is 0 Å². The van der Waals surface area contributed by atoms with Crippen molar-refractivity contribution in [3.05, 3.63) is 99.2 Å². The number of hydrazone groups is 1. The molecule has 0 bridgehead atoms. The zero-order valence-electron chi connectivity index (χ0n) is 19.3. The first kappa shape index (κ1) is 25.4. The van der Waals surface area contributed by atoms with E-state index in [2.05, 4.69) is 15.8 Å². The van der Waals surface area contributed by atoms with E-state index in [1.807, 2.05) is 0 Å². The van der Waals surface area contributed by atoms with Crippen LogP contribution in [0.2, 0.25) is 0 Å². The number of hydrogen-bond donors (Lipinski definition) is 3. The first-order chi connectivity index (χ1) is 17.3. The van der Waals surface area contributed by atoms with Crippen LogP contribution in [0.3, 0.4) is 0 Å². The van der Waals surface area contributed by atoms with E-state index in [0.717, 1.165) is 24.4 Å². The topological polar surface area (TPSA) is 152 Å². The van der Waals surface area contributed by atoms with Crippen molar-refractivity contribution in [1.82, 2.24) is 10.7 Å². The number of benzene rings is 3. The van der Waals surface area contributed by atoms with Crippen molar-refractivity contribution in [1.29, 1.82) is 0 Å². The van der Waals surface area contributed by atoms with Crippen molar-refractivity contribution < 1.29 is 29.1 Å². The number of carbonyl (C=O) groups is 2. The Hall–Kier alpha value is -5.19. The molecule has 0 aromatic heterocycles. The molecule has 0 atom stereocenters.